The van der Waals surface area contributed by atoms with Crippen molar-refractivity contribution in [3.05, 3.63) is 36.2 Å². The number of hydrogen-bond donors (Lipinski definition) is 2. The van der Waals surface area contributed by atoms with E-state index in [0.717, 1.165) is 10.8 Å². The maximum atomic E-state index is 12.7. The predicted molar refractivity (Wildman–Crippen MR) is 64.3 cm³/mol. The number of carboxylic acid groups (broad SMARTS) is 1. The Kier molecular flexibility index (Phi) is 4.59. The Morgan fingerprint density at radius 1 is 1.50 bits per heavy atom. The van der Waals surface area contributed by atoms with E-state index in [1.807, 2.05) is 0 Å². The molecule has 8 heteroatoms. The van der Waals surface area contributed by atoms with Gasteiger partial charge in [0.15, 0.2) is 0 Å². The van der Waals surface area contributed by atoms with Crippen molar-refractivity contribution in [3.8, 4) is 0 Å². The number of rotatable bonds is 5. The van der Waals surface area contributed by atoms with Crippen LogP contribution in [-0.2, 0) is 11.0 Å². The van der Waals surface area contributed by atoms with Crippen molar-refractivity contribution in [1.82, 2.24) is 9.88 Å². The zero-order valence-corrected chi connectivity index (χ0v) is 10.6. The van der Waals surface area contributed by atoms with Crippen molar-refractivity contribution < 1.29 is 27.9 Å². The summed E-state index contributed by atoms with van der Waals surface area (Å²) < 4.78 is 39.0. The van der Waals surface area contributed by atoms with E-state index in [2.05, 4.69) is 11.9 Å². The van der Waals surface area contributed by atoms with Crippen LogP contribution in [0.2, 0.25) is 0 Å². The maximum absolute atomic E-state index is 12.7. The smallest absolute Gasteiger partial charge is 0.418 e. The minimum Gasteiger partial charge on any atom is -0.478 e. The van der Waals surface area contributed by atoms with Crippen LogP contribution in [0, 0.1) is 0 Å². The monoisotopic (exact) mass is 290 g/mol. The van der Waals surface area contributed by atoms with Gasteiger partial charge in [0.25, 0.3) is 0 Å². The zero-order chi connectivity index (χ0) is 15.5. The van der Waals surface area contributed by atoms with Crippen LogP contribution in [0.3, 0.4) is 0 Å². The fraction of sp³-hybridized carbons (Fsp3) is 0.333. The Morgan fingerprint density at radius 2 is 2.10 bits per heavy atom. The van der Waals surface area contributed by atoms with E-state index in [4.69, 9.17) is 5.11 Å². The molecule has 0 aliphatic rings. The second-order valence-electron chi connectivity index (χ2n) is 4.05. The highest BCUT2D eigenvalue weighted by Crippen LogP contribution is 2.33. The van der Waals surface area contributed by atoms with Gasteiger partial charge in [-0.1, -0.05) is 6.08 Å². The lowest BCUT2D eigenvalue weighted by Gasteiger charge is -2.13. The molecule has 1 heterocycles. The number of carbonyl (C=O) groups excluding carboxylic acids is 1. The van der Waals surface area contributed by atoms with E-state index < -0.39 is 35.2 Å². The average molecular weight is 290 g/mol. The van der Waals surface area contributed by atoms with Gasteiger partial charge in [-0.15, -0.1) is 6.58 Å². The van der Waals surface area contributed by atoms with Crippen LogP contribution in [0.4, 0.5) is 13.2 Å². The van der Waals surface area contributed by atoms with Crippen molar-refractivity contribution in [2.75, 3.05) is 6.54 Å². The molecule has 20 heavy (non-hydrogen) atoms. The number of carbonyl (C=O) groups is 2. The van der Waals surface area contributed by atoms with E-state index in [1.165, 1.54) is 13.0 Å². The van der Waals surface area contributed by atoms with Crippen molar-refractivity contribution in [2.24, 2.45) is 0 Å². The van der Waals surface area contributed by atoms with Crippen LogP contribution in [0.1, 0.15) is 28.9 Å². The number of hydrogen-bond acceptors (Lipinski definition) is 2. The Balaban J connectivity index is 3.11. The molecule has 1 atom stereocenters. The van der Waals surface area contributed by atoms with Crippen molar-refractivity contribution in [1.29, 1.82) is 0 Å². The Bertz CT molecular complexity index is 535. The van der Waals surface area contributed by atoms with Crippen molar-refractivity contribution in [3.63, 3.8) is 0 Å². The molecule has 0 saturated heterocycles. The summed E-state index contributed by atoms with van der Waals surface area (Å²) in [6.07, 6.45) is -1.97. The molecule has 0 saturated carbocycles. The van der Waals surface area contributed by atoms with E-state index in [-0.39, 0.29) is 6.54 Å². The van der Waals surface area contributed by atoms with Gasteiger partial charge >= 0.3 is 12.1 Å². The summed E-state index contributed by atoms with van der Waals surface area (Å²) in [5.41, 5.74) is -2.17. The molecule has 0 spiro atoms. The average Bonchev–Trinajstić information content (AvgIpc) is 2.79. The Labute approximate surface area is 112 Å². The number of nitrogens with one attached hydrogen (secondary N) is 1. The van der Waals surface area contributed by atoms with Gasteiger partial charge < -0.3 is 15.0 Å². The number of alkyl halides is 3. The van der Waals surface area contributed by atoms with Crippen LogP contribution >= 0.6 is 0 Å². The molecule has 0 bridgehead atoms. The van der Waals surface area contributed by atoms with Gasteiger partial charge in [0.2, 0.25) is 5.91 Å². The second-order valence-corrected chi connectivity index (χ2v) is 4.05. The summed E-state index contributed by atoms with van der Waals surface area (Å²) in [7, 11) is 0. The van der Waals surface area contributed by atoms with Crippen LogP contribution in [0.25, 0.3) is 0 Å². The van der Waals surface area contributed by atoms with Crippen LogP contribution in [0.5, 0.6) is 0 Å². The summed E-state index contributed by atoms with van der Waals surface area (Å²) in [5, 5.41) is 11.2. The van der Waals surface area contributed by atoms with Crippen molar-refractivity contribution >= 4 is 11.9 Å². The lowest BCUT2D eigenvalue weighted by molar-refractivity contribution is -0.138. The van der Waals surface area contributed by atoms with E-state index in [0.29, 0.717) is 6.20 Å². The largest absolute Gasteiger partial charge is 0.478 e. The number of amides is 1. The lowest BCUT2D eigenvalue weighted by atomic mass is 10.2. The first-order chi connectivity index (χ1) is 9.18. The van der Waals surface area contributed by atoms with Gasteiger partial charge in [-0.25, -0.2) is 4.79 Å². The molecule has 1 aromatic heterocycles. The normalized spacial score (nSPS) is 12.8. The van der Waals surface area contributed by atoms with Gasteiger partial charge in [-0.05, 0) is 6.92 Å². The van der Waals surface area contributed by atoms with Gasteiger partial charge in [-0.3, -0.25) is 4.79 Å². The standard InChI is InChI=1S/C12H13F3N2O3/c1-3-4-16-10(18)7(2)17-5-8(11(19)20)9(6-17)12(13,14)15/h3,5-7H,1,4H2,2H3,(H,16,18)(H,19,20). The van der Waals surface area contributed by atoms with E-state index >= 15 is 0 Å². The molecule has 0 fully saturated rings. The molecular weight excluding hydrogens is 277 g/mol. The minimum atomic E-state index is -4.80. The number of aromatic carboxylic acids is 1. The van der Waals surface area contributed by atoms with E-state index in [9.17, 15) is 22.8 Å². The topological polar surface area (TPSA) is 71.3 Å². The highest BCUT2D eigenvalue weighted by atomic mass is 19.4. The highest BCUT2D eigenvalue weighted by molar-refractivity contribution is 5.90. The minimum absolute atomic E-state index is 0.169. The first-order valence-electron chi connectivity index (χ1n) is 5.59. The Hall–Kier alpha value is -2.25. The first kappa shape index (κ1) is 15.8. The number of halogens is 3. The summed E-state index contributed by atoms with van der Waals surface area (Å²) in [5.74, 6) is -2.24. The zero-order valence-electron chi connectivity index (χ0n) is 10.6. The molecule has 110 valence electrons. The van der Waals surface area contributed by atoms with E-state index in [1.54, 1.807) is 0 Å². The lowest BCUT2D eigenvalue weighted by Crippen LogP contribution is -2.30. The van der Waals surface area contributed by atoms with Gasteiger partial charge in [0, 0.05) is 18.9 Å². The molecule has 0 aromatic carbocycles. The number of carboxylic acids is 1. The van der Waals surface area contributed by atoms with Crippen LogP contribution in [-0.4, -0.2) is 28.1 Å². The molecule has 1 amide bonds. The van der Waals surface area contributed by atoms with Gasteiger partial charge in [0.05, 0.1) is 11.1 Å². The van der Waals surface area contributed by atoms with Crippen LogP contribution < -0.4 is 5.32 Å². The molecular formula is C12H13F3N2O3. The van der Waals surface area contributed by atoms with Gasteiger partial charge in [-0.2, -0.15) is 13.2 Å². The third-order valence-electron chi connectivity index (χ3n) is 2.63. The molecule has 2 N–H and O–H groups in total. The van der Waals surface area contributed by atoms with Crippen molar-refractivity contribution in [2.45, 2.75) is 19.1 Å². The highest BCUT2D eigenvalue weighted by Gasteiger charge is 2.37. The quantitative estimate of drug-likeness (QED) is 0.815. The third kappa shape index (κ3) is 3.40. The molecule has 1 rings (SSSR count). The summed E-state index contributed by atoms with van der Waals surface area (Å²) in [6, 6.07) is -0.968. The Morgan fingerprint density at radius 3 is 2.50 bits per heavy atom. The fourth-order valence-electron chi connectivity index (χ4n) is 1.55. The SMILES string of the molecule is C=CCNC(=O)C(C)n1cc(C(=O)O)c(C(F)(F)F)c1. The summed E-state index contributed by atoms with van der Waals surface area (Å²) >= 11 is 0. The molecule has 1 unspecified atom stereocenters. The second kappa shape index (κ2) is 5.81. The first-order valence-corrected chi connectivity index (χ1v) is 5.59. The number of nitrogens with zero attached hydrogens (tertiary/aromatic N) is 1. The summed E-state index contributed by atoms with van der Waals surface area (Å²) in [6.45, 7) is 4.92. The van der Waals surface area contributed by atoms with Crippen LogP contribution in [0.15, 0.2) is 25.0 Å². The number of aromatic nitrogens is 1. The summed E-state index contributed by atoms with van der Waals surface area (Å²) in [4.78, 5) is 22.5. The fourth-order valence-corrected chi connectivity index (χ4v) is 1.55. The third-order valence-corrected chi connectivity index (χ3v) is 2.63. The molecule has 0 aliphatic carbocycles. The van der Waals surface area contributed by atoms with Gasteiger partial charge in [0.1, 0.15) is 6.04 Å². The molecule has 0 aliphatic heterocycles. The predicted octanol–water partition coefficient (Wildman–Crippen LogP) is 2.07. The molecule has 1 aromatic rings. The molecule has 0 radical (unpaired) electrons. The maximum Gasteiger partial charge on any atom is 0.418 e. The molecule has 5 nitrogen and oxygen atoms in total.